The van der Waals surface area contributed by atoms with Crippen molar-refractivity contribution in [3.05, 3.63) is 28.8 Å². The normalized spacial score (nSPS) is 27.9. The topological polar surface area (TPSA) is 32.7 Å². The van der Waals surface area contributed by atoms with Crippen LogP contribution >= 0.6 is 0 Å². The lowest BCUT2D eigenvalue weighted by Gasteiger charge is -2.36. The molecule has 1 aromatic rings. The van der Waals surface area contributed by atoms with E-state index in [0.29, 0.717) is 6.61 Å². The fourth-order valence-corrected chi connectivity index (χ4v) is 3.02. The van der Waals surface area contributed by atoms with Crippen LogP contribution in [0.5, 0.6) is 5.75 Å². The second-order valence-corrected chi connectivity index (χ2v) is 5.54. The van der Waals surface area contributed by atoms with Crippen molar-refractivity contribution in [2.45, 2.75) is 38.8 Å². The summed E-state index contributed by atoms with van der Waals surface area (Å²) in [5.74, 6) is 0.862. The second kappa shape index (κ2) is 4.56. The van der Waals surface area contributed by atoms with Crippen molar-refractivity contribution in [3.8, 4) is 5.75 Å². The standard InChI is InChI=1S/C15H21NO2/c1-10-7-12-14(8-11(10)2)18-9-13(15(12)17)16-5-3-4-6-16/h7-8,13,15,17H,3-6,9H2,1-2H3. The summed E-state index contributed by atoms with van der Waals surface area (Å²) in [4.78, 5) is 2.36. The first-order valence-corrected chi connectivity index (χ1v) is 6.83. The zero-order valence-electron chi connectivity index (χ0n) is 11.1. The van der Waals surface area contributed by atoms with Gasteiger partial charge in [0.05, 0.1) is 6.04 Å². The molecule has 3 rings (SSSR count). The molecule has 2 heterocycles. The number of aliphatic hydroxyl groups is 1. The molecule has 2 unspecified atom stereocenters. The molecule has 2 aliphatic heterocycles. The summed E-state index contributed by atoms with van der Waals surface area (Å²) in [6.07, 6.45) is 2.07. The van der Waals surface area contributed by atoms with Crippen LogP contribution in [0, 0.1) is 13.8 Å². The molecular formula is C15H21NO2. The Morgan fingerprint density at radius 3 is 2.56 bits per heavy atom. The van der Waals surface area contributed by atoms with Crippen LogP contribution in [0.1, 0.15) is 35.6 Å². The highest BCUT2D eigenvalue weighted by Crippen LogP contribution is 2.36. The van der Waals surface area contributed by atoms with E-state index < -0.39 is 6.10 Å². The van der Waals surface area contributed by atoms with Crippen LogP contribution in [0.2, 0.25) is 0 Å². The number of aryl methyl sites for hydroxylation is 2. The predicted octanol–water partition coefficient (Wildman–Crippen LogP) is 2.19. The van der Waals surface area contributed by atoms with Gasteiger partial charge in [-0.1, -0.05) is 0 Å². The van der Waals surface area contributed by atoms with Gasteiger partial charge in [0.2, 0.25) is 0 Å². The van der Waals surface area contributed by atoms with Gasteiger partial charge in [0.25, 0.3) is 0 Å². The highest BCUT2D eigenvalue weighted by molar-refractivity contribution is 5.44. The monoisotopic (exact) mass is 247 g/mol. The minimum absolute atomic E-state index is 0.127. The van der Waals surface area contributed by atoms with Crippen LogP contribution in [0.3, 0.4) is 0 Å². The van der Waals surface area contributed by atoms with E-state index in [1.165, 1.54) is 24.0 Å². The lowest BCUT2D eigenvalue weighted by atomic mass is 9.94. The number of hydrogen-bond donors (Lipinski definition) is 1. The number of rotatable bonds is 1. The molecule has 0 bridgehead atoms. The van der Waals surface area contributed by atoms with E-state index >= 15 is 0 Å². The Morgan fingerprint density at radius 2 is 1.83 bits per heavy atom. The lowest BCUT2D eigenvalue weighted by molar-refractivity contribution is 0.0139. The molecule has 0 radical (unpaired) electrons. The number of nitrogens with zero attached hydrogens (tertiary/aromatic N) is 1. The Balaban J connectivity index is 1.91. The maximum absolute atomic E-state index is 10.6. The summed E-state index contributed by atoms with van der Waals surface area (Å²) in [6, 6.07) is 4.26. The molecule has 98 valence electrons. The molecule has 1 N–H and O–H groups in total. The predicted molar refractivity (Wildman–Crippen MR) is 71.0 cm³/mol. The van der Waals surface area contributed by atoms with Crippen LogP contribution in [-0.2, 0) is 0 Å². The largest absolute Gasteiger partial charge is 0.491 e. The van der Waals surface area contributed by atoms with Crippen molar-refractivity contribution in [3.63, 3.8) is 0 Å². The van der Waals surface area contributed by atoms with E-state index in [1.54, 1.807) is 0 Å². The molecule has 3 heteroatoms. The summed E-state index contributed by atoms with van der Waals surface area (Å²) in [5, 5.41) is 10.6. The van der Waals surface area contributed by atoms with Gasteiger partial charge in [-0.3, -0.25) is 4.90 Å². The van der Waals surface area contributed by atoms with Gasteiger partial charge in [0.1, 0.15) is 18.5 Å². The van der Waals surface area contributed by atoms with E-state index in [0.717, 1.165) is 24.4 Å². The zero-order valence-corrected chi connectivity index (χ0v) is 11.1. The maximum Gasteiger partial charge on any atom is 0.125 e. The van der Waals surface area contributed by atoms with Crippen molar-refractivity contribution < 1.29 is 9.84 Å². The number of fused-ring (bicyclic) bond motifs is 1. The lowest BCUT2D eigenvalue weighted by Crippen LogP contribution is -2.44. The average Bonchev–Trinajstić information content (AvgIpc) is 2.86. The van der Waals surface area contributed by atoms with Gasteiger partial charge in [-0.2, -0.15) is 0 Å². The fourth-order valence-electron chi connectivity index (χ4n) is 3.02. The van der Waals surface area contributed by atoms with Crippen LogP contribution in [0.25, 0.3) is 0 Å². The summed E-state index contributed by atoms with van der Waals surface area (Å²) in [5.41, 5.74) is 3.40. The first-order valence-electron chi connectivity index (χ1n) is 6.83. The minimum Gasteiger partial charge on any atom is -0.491 e. The van der Waals surface area contributed by atoms with Gasteiger partial charge in [-0.05, 0) is 63.0 Å². The molecule has 0 aliphatic carbocycles. The molecule has 1 fully saturated rings. The number of hydrogen-bond acceptors (Lipinski definition) is 3. The average molecular weight is 247 g/mol. The smallest absolute Gasteiger partial charge is 0.125 e. The van der Waals surface area contributed by atoms with E-state index in [2.05, 4.69) is 24.8 Å². The second-order valence-electron chi connectivity index (χ2n) is 5.54. The van der Waals surface area contributed by atoms with Gasteiger partial charge in [-0.15, -0.1) is 0 Å². The van der Waals surface area contributed by atoms with Crippen LogP contribution in [0.15, 0.2) is 12.1 Å². The van der Waals surface area contributed by atoms with Crippen molar-refractivity contribution >= 4 is 0 Å². The third kappa shape index (κ3) is 1.91. The Kier molecular flexibility index (Phi) is 3.04. The van der Waals surface area contributed by atoms with Gasteiger partial charge < -0.3 is 9.84 Å². The summed E-state index contributed by atoms with van der Waals surface area (Å²) < 4.78 is 5.85. The van der Waals surface area contributed by atoms with Crippen molar-refractivity contribution in [2.24, 2.45) is 0 Å². The van der Waals surface area contributed by atoms with Crippen molar-refractivity contribution in [2.75, 3.05) is 19.7 Å². The third-order valence-electron chi connectivity index (χ3n) is 4.33. The molecule has 0 saturated carbocycles. The fraction of sp³-hybridized carbons (Fsp3) is 0.600. The summed E-state index contributed by atoms with van der Waals surface area (Å²) in [6.45, 7) is 6.95. The van der Waals surface area contributed by atoms with Crippen LogP contribution in [0.4, 0.5) is 0 Å². The number of ether oxygens (including phenoxy) is 1. The molecule has 3 nitrogen and oxygen atoms in total. The molecule has 0 spiro atoms. The Hall–Kier alpha value is -1.06. The SMILES string of the molecule is Cc1cc2c(cc1C)C(O)C(N1CCCC1)CO2. The molecule has 18 heavy (non-hydrogen) atoms. The molecule has 2 aliphatic rings. The molecule has 1 saturated heterocycles. The van der Waals surface area contributed by atoms with E-state index in [1.807, 2.05) is 6.07 Å². The summed E-state index contributed by atoms with van der Waals surface area (Å²) in [7, 11) is 0. The van der Waals surface area contributed by atoms with Gasteiger partial charge in [0.15, 0.2) is 0 Å². The van der Waals surface area contributed by atoms with E-state index in [4.69, 9.17) is 4.74 Å². The molecule has 0 amide bonds. The quantitative estimate of drug-likeness (QED) is 0.825. The Labute approximate surface area is 108 Å². The van der Waals surface area contributed by atoms with Crippen LogP contribution < -0.4 is 4.74 Å². The first kappa shape index (κ1) is 12.0. The van der Waals surface area contributed by atoms with Gasteiger partial charge in [0, 0.05) is 5.56 Å². The van der Waals surface area contributed by atoms with Gasteiger partial charge in [-0.25, -0.2) is 0 Å². The Morgan fingerprint density at radius 1 is 1.17 bits per heavy atom. The zero-order chi connectivity index (χ0) is 12.7. The third-order valence-corrected chi connectivity index (χ3v) is 4.33. The van der Waals surface area contributed by atoms with Crippen molar-refractivity contribution in [1.29, 1.82) is 0 Å². The highest BCUT2D eigenvalue weighted by atomic mass is 16.5. The number of benzene rings is 1. The van der Waals surface area contributed by atoms with Gasteiger partial charge >= 0.3 is 0 Å². The molecule has 1 aromatic carbocycles. The number of aliphatic hydroxyl groups excluding tert-OH is 1. The van der Waals surface area contributed by atoms with E-state index in [-0.39, 0.29) is 6.04 Å². The summed E-state index contributed by atoms with van der Waals surface area (Å²) >= 11 is 0. The highest BCUT2D eigenvalue weighted by Gasteiger charge is 2.35. The minimum atomic E-state index is -0.411. The van der Waals surface area contributed by atoms with Crippen LogP contribution in [-0.4, -0.2) is 35.7 Å². The maximum atomic E-state index is 10.6. The number of likely N-dealkylation sites (tertiary alicyclic amines) is 1. The van der Waals surface area contributed by atoms with Crippen molar-refractivity contribution in [1.82, 2.24) is 4.90 Å². The Bertz CT molecular complexity index is 452. The molecule has 0 aromatic heterocycles. The first-order chi connectivity index (χ1) is 8.66. The molecule has 2 atom stereocenters. The van der Waals surface area contributed by atoms with E-state index in [9.17, 15) is 5.11 Å². The molecular weight excluding hydrogens is 226 g/mol.